The van der Waals surface area contributed by atoms with Gasteiger partial charge in [0, 0.05) is 24.7 Å². The SMILES string of the molecule is C=CCN(Cc1ccc(F)cc1)C(=O)c1c[nH]c2c(C)cccc2c1=O. The highest BCUT2D eigenvalue weighted by molar-refractivity contribution is 5.97. The summed E-state index contributed by atoms with van der Waals surface area (Å²) in [6, 6.07) is 11.3. The van der Waals surface area contributed by atoms with Gasteiger partial charge in [0.25, 0.3) is 5.91 Å². The number of hydrogen-bond acceptors (Lipinski definition) is 2. The van der Waals surface area contributed by atoms with E-state index in [0.29, 0.717) is 5.39 Å². The van der Waals surface area contributed by atoms with Crippen molar-refractivity contribution in [3.63, 3.8) is 0 Å². The number of nitrogens with zero attached hydrogens (tertiary/aromatic N) is 1. The molecule has 0 saturated heterocycles. The third-order valence-electron chi connectivity index (χ3n) is 4.28. The highest BCUT2D eigenvalue weighted by Crippen LogP contribution is 2.15. The first kappa shape index (κ1) is 17.6. The summed E-state index contributed by atoms with van der Waals surface area (Å²) in [4.78, 5) is 30.3. The molecule has 3 aromatic rings. The molecule has 1 heterocycles. The minimum absolute atomic E-state index is 0.0760. The van der Waals surface area contributed by atoms with Gasteiger partial charge in [-0.05, 0) is 36.2 Å². The van der Waals surface area contributed by atoms with Crippen LogP contribution >= 0.6 is 0 Å². The fourth-order valence-electron chi connectivity index (χ4n) is 2.92. The van der Waals surface area contributed by atoms with Crippen molar-refractivity contribution in [2.45, 2.75) is 13.5 Å². The van der Waals surface area contributed by atoms with Crippen molar-refractivity contribution in [2.24, 2.45) is 0 Å². The summed E-state index contributed by atoms with van der Waals surface area (Å²) in [5.74, 6) is -0.726. The zero-order chi connectivity index (χ0) is 18.7. The molecule has 0 saturated carbocycles. The molecular weight excluding hydrogens is 331 g/mol. The Bertz CT molecular complexity index is 1020. The Labute approximate surface area is 150 Å². The fourth-order valence-corrected chi connectivity index (χ4v) is 2.92. The van der Waals surface area contributed by atoms with Gasteiger partial charge in [-0.1, -0.05) is 30.3 Å². The first-order valence-electron chi connectivity index (χ1n) is 8.27. The van der Waals surface area contributed by atoms with Crippen LogP contribution in [0.3, 0.4) is 0 Å². The van der Waals surface area contributed by atoms with E-state index in [2.05, 4.69) is 11.6 Å². The van der Waals surface area contributed by atoms with Crippen LogP contribution in [0.1, 0.15) is 21.5 Å². The van der Waals surface area contributed by atoms with E-state index in [4.69, 9.17) is 0 Å². The van der Waals surface area contributed by atoms with Crippen molar-refractivity contribution in [1.29, 1.82) is 0 Å². The molecule has 0 atom stereocenters. The number of halogens is 1. The van der Waals surface area contributed by atoms with Gasteiger partial charge in [0.1, 0.15) is 11.4 Å². The second-order valence-corrected chi connectivity index (χ2v) is 6.13. The number of benzene rings is 2. The van der Waals surface area contributed by atoms with E-state index >= 15 is 0 Å². The van der Waals surface area contributed by atoms with E-state index in [0.717, 1.165) is 16.6 Å². The standard InChI is InChI=1S/C21H19FN2O2/c1-3-11-24(13-15-7-9-16(22)10-8-15)21(26)18-12-23-19-14(2)5-4-6-17(19)20(18)25/h3-10,12H,1,11,13H2,2H3,(H,23,25). The van der Waals surface area contributed by atoms with Crippen LogP contribution in [0.25, 0.3) is 10.9 Å². The lowest BCUT2D eigenvalue weighted by Crippen LogP contribution is -2.34. The number of carbonyl (C=O) groups is 1. The normalized spacial score (nSPS) is 10.7. The van der Waals surface area contributed by atoms with E-state index < -0.39 is 0 Å². The van der Waals surface area contributed by atoms with Crippen LogP contribution in [0.4, 0.5) is 4.39 Å². The number of aromatic nitrogens is 1. The van der Waals surface area contributed by atoms with Crippen LogP contribution in [0.5, 0.6) is 0 Å². The van der Waals surface area contributed by atoms with E-state index in [1.807, 2.05) is 13.0 Å². The van der Waals surface area contributed by atoms with Crippen molar-refractivity contribution in [1.82, 2.24) is 9.88 Å². The van der Waals surface area contributed by atoms with E-state index in [9.17, 15) is 14.0 Å². The summed E-state index contributed by atoms with van der Waals surface area (Å²) in [5.41, 5.74) is 2.21. The maximum atomic E-state index is 13.1. The van der Waals surface area contributed by atoms with Crippen molar-refractivity contribution < 1.29 is 9.18 Å². The molecule has 0 aliphatic carbocycles. The molecule has 26 heavy (non-hydrogen) atoms. The molecule has 4 nitrogen and oxygen atoms in total. The number of hydrogen-bond donors (Lipinski definition) is 1. The number of carbonyl (C=O) groups excluding carboxylic acids is 1. The average Bonchev–Trinajstić information content (AvgIpc) is 2.64. The van der Waals surface area contributed by atoms with Gasteiger partial charge in [-0.15, -0.1) is 6.58 Å². The summed E-state index contributed by atoms with van der Waals surface area (Å²) >= 11 is 0. The van der Waals surface area contributed by atoms with Gasteiger partial charge >= 0.3 is 0 Å². The third kappa shape index (κ3) is 3.42. The molecule has 0 aliphatic heterocycles. The zero-order valence-electron chi connectivity index (χ0n) is 14.5. The van der Waals surface area contributed by atoms with Gasteiger partial charge < -0.3 is 9.88 Å². The average molecular weight is 350 g/mol. The van der Waals surface area contributed by atoms with Crippen LogP contribution in [0.2, 0.25) is 0 Å². The Kier molecular flexibility index (Phi) is 4.98. The number of para-hydroxylation sites is 1. The molecule has 132 valence electrons. The van der Waals surface area contributed by atoms with Gasteiger partial charge in [-0.2, -0.15) is 0 Å². The van der Waals surface area contributed by atoms with Crippen LogP contribution < -0.4 is 5.43 Å². The number of nitrogens with one attached hydrogen (secondary N) is 1. The smallest absolute Gasteiger partial charge is 0.259 e. The topological polar surface area (TPSA) is 53.2 Å². The monoisotopic (exact) mass is 350 g/mol. The zero-order valence-corrected chi connectivity index (χ0v) is 14.5. The first-order chi connectivity index (χ1) is 12.5. The Morgan fingerprint density at radius 1 is 1.23 bits per heavy atom. The molecule has 2 aromatic carbocycles. The van der Waals surface area contributed by atoms with Crippen LogP contribution in [0.15, 0.2) is 66.1 Å². The highest BCUT2D eigenvalue weighted by atomic mass is 19.1. The molecule has 0 spiro atoms. The van der Waals surface area contributed by atoms with Crippen molar-refractivity contribution >= 4 is 16.8 Å². The number of aromatic amines is 1. The van der Waals surface area contributed by atoms with Gasteiger partial charge in [-0.3, -0.25) is 9.59 Å². The Hall–Kier alpha value is -3.21. The summed E-state index contributed by atoms with van der Waals surface area (Å²) in [6.45, 7) is 6.12. The predicted octanol–water partition coefficient (Wildman–Crippen LogP) is 3.80. The van der Waals surface area contributed by atoms with Crippen molar-refractivity contribution in [3.05, 3.63) is 94.0 Å². The van der Waals surface area contributed by atoms with Gasteiger partial charge in [0.2, 0.25) is 5.43 Å². The quantitative estimate of drug-likeness (QED) is 0.712. The molecular formula is C21H19FN2O2. The van der Waals surface area contributed by atoms with Crippen molar-refractivity contribution in [3.8, 4) is 0 Å². The molecule has 5 heteroatoms. The number of amides is 1. The van der Waals surface area contributed by atoms with Crippen molar-refractivity contribution in [2.75, 3.05) is 6.54 Å². The highest BCUT2D eigenvalue weighted by Gasteiger charge is 2.19. The first-order valence-corrected chi connectivity index (χ1v) is 8.27. The fraction of sp³-hybridized carbons (Fsp3) is 0.143. The number of pyridine rings is 1. The molecule has 3 rings (SSSR count). The predicted molar refractivity (Wildman–Crippen MR) is 101 cm³/mol. The second kappa shape index (κ2) is 7.35. The lowest BCUT2D eigenvalue weighted by atomic mass is 10.1. The lowest BCUT2D eigenvalue weighted by molar-refractivity contribution is 0.0761. The van der Waals surface area contributed by atoms with Gasteiger partial charge in [0.15, 0.2) is 0 Å². The second-order valence-electron chi connectivity index (χ2n) is 6.13. The summed E-state index contributed by atoms with van der Waals surface area (Å²) in [5, 5.41) is 0.483. The minimum atomic E-state index is -0.390. The van der Waals surface area contributed by atoms with E-state index in [-0.39, 0.29) is 35.8 Å². The molecule has 0 radical (unpaired) electrons. The lowest BCUT2D eigenvalue weighted by Gasteiger charge is -2.21. The molecule has 0 unspecified atom stereocenters. The molecule has 0 fully saturated rings. The number of aryl methyl sites for hydroxylation is 1. The van der Waals surface area contributed by atoms with Gasteiger partial charge in [0.05, 0.1) is 5.52 Å². The Balaban J connectivity index is 1.98. The summed E-state index contributed by atoms with van der Waals surface area (Å²) < 4.78 is 13.1. The Morgan fingerprint density at radius 2 is 1.96 bits per heavy atom. The molecule has 0 bridgehead atoms. The molecule has 1 aromatic heterocycles. The molecule has 0 aliphatic rings. The maximum absolute atomic E-state index is 13.1. The van der Waals surface area contributed by atoms with Crippen LogP contribution in [0, 0.1) is 12.7 Å². The van der Waals surface area contributed by atoms with Crippen LogP contribution in [-0.2, 0) is 6.54 Å². The van der Waals surface area contributed by atoms with E-state index in [1.54, 1.807) is 30.3 Å². The Morgan fingerprint density at radius 3 is 2.65 bits per heavy atom. The molecule has 1 N–H and O–H groups in total. The minimum Gasteiger partial charge on any atom is -0.360 e. The largest absolute Gasteiger partial charge is 0.360 e. The molecule has 1 amide bonds. The maximum Gasteiger partial charge on any atom is 0.259 e. The number of fused-ring (bicyclic) bond motifs is 1. The van der Waals surface area contributed by atoms with Crippen LogP contribution in [-0.4, -0.2) is 22.3 Å². The summed E-state index contributed by atoms with van der Waals surface area (Å²) in [7, 11) is 0. The van der Waals surface area contributed by atoms with Gasteiger partial charge in [-0.25, -0.2) is 4.39 Å². The number of H-pyrrole nitrogens is 1. The van der Waals surface area contributed by atoms with E-state index in [1.165, 1.54) is 23.2 Å². The summed E-state index contributed by atoms with van der Waals surface area (Å²) in [6.07, 6.45) is 3.06. The third-order valence-corrected chi connectivity index (χ3v) is 4.28. The number of rotatable bonds is 5.